The van der Waals surface area contributed by atoms with Crippen molar-refractivity contribution in [2.45, 2.75) is 11.4 Å². The highest BCUT2D eigenvalue weighted by Crippen LogP contribution is 2.23. The molecule has 0 atom stereocenters. The van der Waals surface area contributed by atoms with Gasteiger partial charge in [-0.1, -0.05) is 0 Å². The lowest BCUT2D eigenvalue weighted by atomic mass is 10.3. The third-order valence-corrected chi connectivity index (χ3v) is 7.54. The van der Waals surface area contributed by atoms with Gasteiger partial charge < -0.3 is 18.5 Å². The Hall–Kier alpha value is -2.24. The molecule has 10 heteroatoms. The smallest absolute Gasteiger partial charge is 0.243 e. The first kappa shape index (κ1) is 21.0. The van der Waals surface area contributed by atoms with Crippen molar-refractivity contribution >= 4 is 27.0 Å². The van der Waals surface area contributed by atoms with E-state index in [2.05, 4.69) is 0 Å². The highest BCUT2D eigenvalue weighted by atomic mass is 32.2. The molecule has 30 heavy (non-hydrogen) atoms. The van der Waals surface area contributed by atoms with E-state index in [1.165, 1.54) is 15.6 Å². The second-order valence-corrected chi connectivity index (χ2v) is 9.42. The lowest BCUT2D eigenvalue weighted by Gasteiger charge is -2.26. The molecule has 8 nitrogen and oxygen atoms in total. The van der Waals surface area contributed by atoms with Crippen LogP contribution in [0.2, 0.25) is 0 Å². The van der Waals surface area contributed by atoms with Gasteiger partial charge in [0.05, 0.1) is 42.4 Å². The first-order valence-electron chi connectivity index (χ1n) is 9.53. The maximum atomic E-state index is 12.8. The van der Waals surface area contributed by atoms with E-state index in [-0.39, 0.29) is 4.90 Å². The number of methoxy groups -OCH3 is 1. The van der Waals surface area contributed by atoms with Crippen molar-refractivity contribution in [3.05, 3.63) is 52.8 Å². The molecule has 3 heterocycles. The van der Waals surface area contributed by atoms with Crippen molar-refractivity contribution in [2.75, 3.05) is 40.0 Å². The van der Waals surface area contributed by atoms with E-state index in [4.69, 9.17) is 18.9 Å². The van der Waals surface area contributed by atoms with Crippen LogP contribution in [-0.2, 0) is 26.0 Å². The van der Waals surface area contributed by atoms with Crippen LogP contribution in [0, 0.1) is 0 Å². The molecule has 1 aliphatic rings. The highest BCUT2D eigenvalue weighted by molar-refractivity contribution is 7.89. The average Bonchev–Trinajstić information content (AvgIpc) is 3.43. The molecule has 0 saturated carbocycles. The minimum absolute atomic E-state index is 0.262. The summed E-state index contributed by atoms with van der Waals surface area (Å²) in [4.78, 5) is 5.76. The van der Waals surface area contributed by atoms with Crippen LogP contribution in [0.4, 0.5) is 5.69 Å². The van der Waals surface area contributed by atoms with Crippen LogP contribution < -0.4 is 4.80 Å². The molecule has 4 rings (SSSR count). The number of morpholine rings is 1. The number of aromatic nitrogens is 1. The Labute approximate surface area is 179 Å². The van der Waals surface area contributed by atoms with E-state index in [1.807, 2.05) is 22.1 Å². The number of thiazole rings is 1. The Morgan fingerprint density at radius 1 is 1.17 bits per heavy atom. The number of sulfonamides is 1. The summed E-state index contributed by atoms with van der Waals surface area (Å²) < 4.78 is 45.1. The fourth-order valence-corrected chi connectivity index (χ4v) is 5.52. The minimum Gasteiger partial charge on any atom is -0.463 e. The molecule has 0 radical (unpaired) electrons. The first-order valence-corrected chi connectivity index (χ1v) is 11.9. The Bertz CT molecular complexity index is 1130. The zero-order chi connectivity index (χ0) is 21.0. The Morgan fingerprint density at radius 3 is 2.60 bits per heavy atom. The van der Waals surface area contributed by atoms with Crippen LogP contribution in [0.15, 0.2) is 62.3 Å². The lowest BCUT2D eigenvalue weighted by Crippen LogP contribution is -2.40. The molecule has 1 fully saturated rings. The molecule has 0 spiro atoms. The molecule has 0 unspecified atom stereocenters. The van der Waals surface area contributed by atoms with Crippen LogP contribution in [-0.4, -0.2) is 57.3 Å². The monoisotopic (exact) mass is 449 g/mol. The normalized spacial score (nSPS) is 16.2. The summed E-state index contributed by atoms with van der Waals surface area (Å²) in [6.45, 7) is 2.75. The number of nitrogens with zero attached hydrogens (tertiary/aromatic N) is 3. The van der Waals surface area contributed by atoms with Gasteiger partial charge in [-0.25, -0.2) is 13.4 Å². The van der Waals surface area contributed by atoms with E-state index in [1.54, 1.807) is 37.6 Å². The van der Waals surface area contributed by atoms with E-state index in [9.17, 15) is 8.42 Å². The fraction of sp³-hybridized carbons (Fsp3) is 0.350. The number of rotatable bonds is 7. The molecule has 2 aromatic heterocycles. The predicted octanol–water partition coefficient (Wildman–Crippen LogP) is 2.71. The second-order valence-electron chi connectivity index (χ2n) is 6.65. The molecule has 0 amide bonds. The van der Waals surface area contributed by atoms with Gasteiger partial charge in [0.25, 0.3) is 0 Å². The molecule has 1 aromatic carbocycles. The van der Waals surface area contributed by atoms with E-state index in [0.717, 1.165) is 16.3 Å². The average molecular weight is 450 g/mol. The molecule has 160 valence electrons. The van der Waals surface area contributed by atoms with E-state index >= 15 is 0 Å². The van der Waals surface area contributed by atoms with E-state index < -0.39 is 10.0 Å². The van der Waals surface area contributed by atoms with Crippen molar-refractivity contribution in [1.82, 2.24) is 8.87 Å². The number of hydrogen-bond acceptors (Lipinski definition) is 7. The Morgan fingerprint density at radius 2 is 1.93 bits per heavy atom. The predicted molar refractivity (Wildman–Crippen MR) is 113 cm³/mol. The van der Waals surface area contributed by atoms with Gasteiger partial charge in [-0.3, -0.25) is 0 Å². The minimum atomic E-state index is -3.52. The summed E-state index contributed by atoms with van der Waals surface area (Å²) in [5.41, 5.74) is 1.60. The number of furan rings is 1. The summed E-state index contributed by atoms with van der Waals surface area (Å²) in [5.74, 6) is 0.760. The van der Waals surface area contributed by atoms with Gasteiger partial charge in [-0.15, -0.1) is 11.3 Å². The maximum absolute atomic E-state index is 12.8. The fourth-order valence-electron chi connectivity index (χ4n) is 3.18. The van der Waals surface area contributed by atoms with Crippen molar-refractivity contribution in [3.8, 4) is 11.5 Å². The van der Waals surface area contributed by atoms with Crippen LogP contribution in [0.1, 0.15) is 0 Å². The third-order valence-electron chi connectivity index (χ3n) is 4.76. The van der Waals surface area contributed by atoms with Crippen molar-refractivity contribution in [3.63, 3.8) is 0 Å². The quantitative estimate of drug-likeness (QED) is 0.554. The van der Waals surface area contributed by atoms with E-state index in [0.29, 0.717) is 45.1 Å². The first-order chi connectivity index (χ1) is 14.6. The SMILES string of the molecule is COCCn1c(-c2ccco2)csc1=Nc1ccc(S(=O)(=O)N2CCOCC2)cc1. The topological polar surface area (TPSA) is 86.3 Å². The van der Waals surface area contributed by atoms with Gasteiger partial charge in [0.15, 0.2) is 10.6 Å². The maximum Gasteiger partial charge on any atom is 0.243 e. The Kier molecular flexibility index (Phi) is 6.49. The molecule has 3 aromatic rings. The zero-order valence-electron chi connectivity index (χ0n) is 16.6. The molecule has 0 aliphatic carbocycles. The molecule has 0 bridgehead atoms. The van der Waals surface area contributed by atoms with Crippen molar-refractivity contribution in [1.29, 1.82) is 0 Å². The summed E-state index contributed by atoms with van der Waals surface area (Å²) in [7, 11) is -1.86. The summed E-state index contributed by atoms with van der Waals surface area (Å²) in [5, 5.41) is 1.99. The van der Waals surface area contributed by atoms with Crippen molar-refractivity contribution in [2.24, 2.45) is 4.99 Å². The molecule has 0 N–H and O–H groups in total. The van der Waals surface area contributed by atoms with Gasteiger partial charge in [0, 0.05) is 32.1 Å². The molecule has 1 aliphatic heterocycles. The van der Waals surface area contributed by atoms with Crippen LogP contribution in [0.5, 0.6) is 0 Å². The van der Waals surface area contributed by atoms with Gasteiger partial charge >= 0.3 is 0 Å². The van der Waals surface area contributed by atoms with Crippen molar-refractivity contribution < 1.29 is 22.3 Å². The van der Waals surface area contributed by atoms with Gasteiger partial charge in [0.1, 0.15) is 0 Å². The summed E-state index contributed by atoms with van der Waals surface area (Å²) in [6, 6.07) is 10.4. The van der Waals surface area contributed by atoms with Crippen LogP contribution in [0.3, 0.4) is 0 Å². The Balaban J connectivity index is 1.64. The number of benzene rings is 1. The standard InChI is InChI=1S/C20H23N3O5S2/c1-26-12-10-23-18(19-3-2-11-28-19)15-29-20(23)21-16-4-6-17(7-5-16)30(24,25)22-8-13-27-14-9-22/h2-7,11,15H,8-10,12-14H2,1H3. The largest absolute Gasteiger partial charge is 0.463 e. The van der Waals surface area contributed by atoms with Gasteiger partial charge in [-0.2, -0.15) is 4.31 Å². The lowest BCUT2D eigenvalue weighted by molar-refractivity contribution is 0.0730. The molecular weight excluding hydrogens is 426 g/mol. The number of hydrogen-bond donors (Lipinski definition) is 0. The van der Waals surface area contributed by atoms with Crippen LogP contribution >= 0.6 is 11.3 Å². The summed E-state index contributed by atoms with van der Waals surface area (Å²) in [6.07, 6.45) is 1.64. The van der Waals surface area contributed by atoms with Gasteiger partial charge in [-0.05, 0) is 36.4 Å². The molecular formula is C20H23N3O5S2. The van der Waals surface area contributed by atoms with Crippen LogP contribution in [0.25, 0.3) is 11.5 Å². The zero-order valence-corrected chi connectivity index (χ0v) is 18.2. The van der Waals surface area contributed by atoms with Gasteiger partial charge in [0.2, 0.25) is 10.0 Å². The second kappa shape index (κ2) is 9.27. The summed E-state index contributed by atoms with van der Waals surface area (Å²) >= 11 is 1.49. The number of ether oxygens (including phenoxy) is 2. The highest BCUT2D eigenvalue weighted by Gasteiger charge is 2.26. The molecule has 1 saturated heterocycles. The third kappa shape index (κ3) is 4.42.